The summed E-state index contributed by atoms with van der Waals surface area (Å²) in [5, 5.41) is 42.9. The van der Waals surface area contributed by atoms with Gasteiger partial charge in [0.1, 0.15) is 8.95 Å². The van der Waals surface area contributed by atoms with Crippen LogP contribution in [0.1, 0.15) is 10.4 Å². The fourth-order valence-corrected chi connectivity index (χ4v) is 4.48. The number of carboxylic acid groups (broad SMARTS) is 1. The van der Waals surface area contributed by atoms with E-state index in [2.05, 4.69) is 31.9 Å². The van der Waals surface area contributed by atoms with Gasteiger partial charge in [-0.05, 0) is 43.5 Å². The van der Waals surface area contributed by atoms with Gasteiger partial charge in [-0.25, -0.2) is 4.79 Å². The van der Waals surface area contributed by atoms with Crippen LogP contribution in [0.2, 0.25) is 0 Å². The molecular formula is C20H8Br2N2Na2O9. The smallest absolute Gasteiger partial charge is 0.336 e. The fourth-order valence-electron chi connectivity index (χ4n) is 3.48. The minimum absolute atomic E-state index is 0. The maximum Gasteiger partial charge on any atom is 0.336 e. The molecule has 15 heteroatoms. The Labute approximate surface area is 255 Å². The number of fused-ring (bicyclic) bond motifs is 2. The molecule has 2 aromatic rings. The third-order valence-electron chi connectivity index (χ3n) is 4.90. The van der Waals surface area contributed by atoms with Crippen molar-refractivity contribution in [3.63, 3.8) is 0 Å². The van der Waals surface area contributed by atoms with Crippen LogP contribution in [-0.4, -0.2) is 85.1 Å². The number of nitro benzene ring substituents is 2. The summed E-state index contributed by atoms with van der Waals surface area (Å²) >= 11 is 6.06. The second-order valence-corrected chi connectivity index (χ2v) is 8.28. The number of nitro groups is 2. The van der Waals surface area contributed by atoms with E-state index in [-0.39, 0.29) is 107 Å². The monoisotopic (exact) mass is 624 g/mol. The number of hydrogen-bond donors (Lipinski definition) is 2. The number of rotatable bonds is 4. The number of carboxylic acids is 1. The average Bonchev–Trinajstić information content (AvgIpc) is 2.77. The molecule has 4 rings (SSSR count). The number of hydrogen-bond acceptors (Lipinski definition) is 8. The summed E-state index contributed by atoms with van der Waals surface area (Å²) in [6, 6.07) is 7.56. The van der Waals surface area contributed by atoms with Crippen LogP contribution in [0, 0.1) is 20.2 Å². The standard InChI is InChI=1S/C20H8Br2N2O9.2Na/c21-14-16(25)11(23(29)30)5-9-13(7-3-1-2-4-8(7)20(27)28)10-6-12(24(31)32)17(26)15(22)19(10)33-18(9)14;;/h1-6,25H,(H,27,28);;. The predicted octanol–water partition coefficient (Wildman–Crippen LogP) is 4.55. The van der Waals surface area contributed by atoms with Gasteiger partial charge in [0.05, 0.1) is 15.4 Å². The molecule has 0 saturated carbocycles. The number of aromatic hydroxyl groups is 1. The average molecular weight is 626 g/mol. The number of phenolic OH excluding ortho intramolecular Hbond substituents is 1. The number of phenols is 1. The Morgan fingerprint density at radius 2 is 1.54 bits per heavy atom. The van der Waals surface area contributed by atoms with Crippen LogP contribution in [0.25, 0.3) is 33.4 Å². The molecule has 2 N–H and O–H groups in total. The van der Waals surface area contributed by atoms with Crippen molar-refractivity contribution in [2.24, 2.45) is 0 Å². The van der Waals surface area contributed by atoms with Gasteiger partial charge >= 0.3 is 17.3 Å². The predicted molar refractivity (Wildman–Crippen MR) is 133 cm³/mol. The summed E-state index contributed by atoms with van der Waals surface area (Å²) in [4.78, 5) is 45.6. The number of halogens is 2. The summed E-state index contributed by atoms with van der Waals surface area (Å²) in [6.45, 7) is 0. The van der Waals surface area contributed by atoms with E-state index in [1.807, 2.05) is 0 Å². The summed E-state index contributed by atoms with van der Waals surface area (Å²) in [6.07, 6.45) is 0. The second kappa shape index (κ2) is 11.0. The first kappa shape index (κ1) is 29.4. The number of carbonyl (C=O) groups is 1. The van der Waals surface area contributed by atoms with E-state index in [9.17, 15) is 40.0 Å². The molecule has 2 radical (unpaired) electrons. The van der Waals surface area contributed by atoms with Crippen molar-refractivity contribution in [2.75, 3.05) is 0 Å². The largest absolute Gasteiger partial charge is 0.501 e. The number of nitrogens with zero attached hydrogens (tertiary/aromatic N) is 2. The van der Waals surface area contributed by atoms with Crippen molar-refractivity contribution in [1.82, 2.24) is 0 Å². The topological polar surface area (TPSA) is 174 Å². The Bertz CT molecular complexity index is 1570. The third kappa shape index (κ3) is 4.91. The SMILES string of the molecule is O=C(O)c1ccccc1-c1c2cc([N+](=O)[O-])c(=O)c(Br)c-2oc2c(Br)c(O)c([N+](=O)[O-])cc12.[Na].[Na]. The third-order valence-corrected chi connectivity index (χ3v) is 6.35. The molecule has 11 nitrogen and oxygen atoms in total. The molecule has 35 heavy (non-hydrogen) atoms. The zero-order valence-corrected chi connectivity index (χ0v) is 25.0. The Kier molecular flexibility index (Phi) is 9.28. The van der Waals surface area contributed by atoms with Crippen LogP contribution in [0.15, 0.2) is 54.6 Å². The molecule has 0 spiro atoms. The van der Waals surface area contributed by atoms with Crippen molar-refractivity contribution in [3.8, 4) is 28.2 Å². The van der Waals surface area contributed by atoms with Crippen LogP contribution in [-0.2, 0) is 0 Å². The van der Waals surface area contributed by atoms with Crippen molar-refractivity contribution >= 4 is 119 Å². The van der Waals surface area contributed by atoms with Crippen molar-refractivity contribution in [2.45, 2.75) is 0 Å². The first-order valence-corrected chi connectivity index (χ1v) is 10.4. The maximum absolute atomic E-state index is 12.5. The number of aromatic carboxylic acids is 1. The summed E-state index contributed by atoms with van der Waals surface area (Å²) in [7, 11) is 0. The van der Waals surface area contributed by atoms with Gasteiger partial charge in [-0.2, -0.15) is 0 Å². The van der Waals surface area contributed by atoms with Gasteiger partial charge in [0.25, 0.3) is 5.43 Å². The molecule has 1 heterocycles. The van der Waals surface area contributed by atoms with Crippen LogP contribution < -0.4 is 5.43 Å². The molecule has 0 saturated heterocycles. The van der Waals surface area contributed by atoms with Crippen LogP contribution >= 0.6 is 31.9 Å². The molecule has 1 aliphatic heterocycles. The normalized spacial score (nSPS) is 10.5. The molecule has 0 unspecified atom stereocenters. The summed E-state index contributed by atoms with van der Waals surface area (Å²) < 4.78 is 5.22. The van der Waals surface area contributed by atoms with E-state index in [4.69, 9.17) is 4.42 Å². The van der Waals surface area contributed by atoms with Crippen molar-refractivity contribution in [1.29, 1.82) is 0 Å². The molecule has 0 aromatic heterocycles. The van der Waals surface area contributed by atoms with E-state index in [1.165, 1.54) is 24.3 Å². The maximum atomic E-state index is 12.5. The molecule has 0 bridgehead atoms. The van der Waals surface area contributed by atoms with Gasteiger partial charge < -0.3 is 14.6 Å². The van der Waals surface area contributed by atoms with E-state index >= 15 is 0 Å². The van der Waals surface area contributed by atoms with Crippen LogP contribution in [0.5, 0.6) is 5.75 Å². The van der Waals surface area contributed by atoms with Crippen molar-refractivity contribution in [3.05, 3.63) is 81.4 Å². The first-order chi connectivity index (χ1) is 15.5. The number of benzene rings is 3. The summed E-state index contributed by atoms with van der Waals surface area (Å²) in [5.41, 5.74) is -2.83. The Balaban J connectivity index is 0.00000216. The van der Waals surface area contributed by atoms with E-state index in [1.54, 1.807) is 0 Å². The molecular weight excluding hydrogens is 618 g/mol. The van der Waals surface area contributed by atoms with E-state index in [0.717, 1.165) is 12.1 Å². The minimum Gasteiger partial charge on any atom is -0.501 e. The molecule has 0 amide bonds. The molecule has 1 aliphatic carbocycles. The number of non-ortho nitro benzene ring substituents is 1. The van der Waals surface area contributed by atoms with Gasteiger partial charge in [0.2, 0.25) is 5.75 Å². The molecule has 0 atom stereocenters. The van der Waals surface area contributed by atoms with Crippen LogP contribution in [0.4, 0.5) is 11.4 Å². The zero-order chi connectivity index (χ0) is 24.2. The minimum atomic E-state index is -1.32. The van der Waals surface area contributed by atoms with E-state index in [0.29, 0.717) is 0 Å². The Morgan fingerprint density at radius 1 is 0.943 bits per heavy atom. The molecule has 0 fully saturated rings. The van der Waals surface area contributed by atoms with Gasteiger partial charge in [0.15, 0.2) is 11.3 Å². The molecule has 2 aliphatic rings. The van der Waals surface area contributed by atoms with Crippen molar-refractivity contribution < 1.29 is 29.3 Å². The van der Waals surface area contributed by atoms with Gasteiger partial charge in [0, 0.05) is 87.8 Å². The van der Waals surface area contributed by atoms with E-state index < -0.39 is 38.4 Å². The fraction of sp³-hybridized carbons (Fsp3) is 0. The van der Waals surface area contributed by atoms with Gasteiger partial charge in [-0.1, -0.05) is 18.2 Å². The Morgan fingerprint density at radius 3 is 2.11 bits per heavy atom. The molecule has 2 aromatic carbocycles. The van der Waals surface area contributed by atoms with Gasteiger partial charge in [-0.15, -0.1) is 0 Å². The Hall–Kier alpha value is -1.84. The van der Waals surface area contributed by atoms with Gasteiger partial charge in [-0.3, -0.25) is 25.0 Å². The second-order valence-electron chi connectivity index (χ2n) is 6.69. The quantitative estimate of drug-likeness (QED) is 0.143. The zero-order valence-electron chi connectivity index (χ0n) is 17.9. The first-order valence-electron chi connectivity index (χ1n) is 8.80. The van der Waals surface area contributed by atoms with Crippen LogP contribution in [0.3, 0.4) is 0 Å². The summed E-state index contributed by atoms with van der Waals surface area (Å²) in [5.74, 6) is -2.26. The molecule has 168 valence electrons.